The second-order valence-corrected chi connectivity index (χ2v) is 7.61. The van der Waals surface area contributed by atoms with Gasteiger partial charge in [-0.05, 0) is 41.5 Å². The summed E-state index contributed by atoms with van der Waals surface area (Å²) in [6.07, 6.45) is 2.70. The standard InChI is InChI=1S/C21H15BrN6O2/c22-14-3-1-2-12(8-14)15-9-16(27-20-18(15)19(23)25-11-26-20)13-4-5-17(24-10-13)28-6-7-30-21(28)29/h1-5,8-11H,6-7H2,(H2,23,25,26,27). The summed E-state index contributed by atoms with van der Waals surface area (Å²) in [6.45, 7) is 0.855. The molecule has 0 saturated carbocycles. The van der Waals surface area contributed by atoms with E-state index in [-0.39, 0.29) is 6.09 Å². The maximum Gasteiger partial charge on any atom is 0.415 e. The Morgan fingerprint density at radius 3 is 2.70 bits per heavy atom. The molecule has 0 spiro atoms. The highest BCUT2D eigenvalue weighted by molar-refractivity contribution is 9.10. The lowest BCUT2D eigenvalue weighted by atomic mass is 10.0. The lowest BCUT2D eigenvalue weighted by Crippen LogP contribution is -2.24. The van der Waals surface area contributed by atoms with Crippen molar-refractivity contribution in [2.24, 2.45) is 0 Å². The van der Waals surface area contributed by atoms with Crippen LogP contribution in [0.25, 0.3) is 33.4 Å². The Balaban J connectivity index is 1.64. The summed E-state index contributed by atoms with van der Waals surface area (Å²) >= 11 is 3.52. The van der Waals surface area contributed by atoms with E-state index in [1.807, 2.05) is 36.4 Å². The van der Waals surface area contributed by atoms with Crippen LogP contribution in [0.1, 0.15) is 0 Å². The van der Waals surface area contributed by atoms with Crippen molar-refractivity contribution in [3.63, 3.8) is 0 Å². The normalized spacial score (nSPS) is 13.6. The molecule has 30 heavy (non-hydrogen) atoms. The van der Waals surface area contributed by atoms with E-state index in [9.17, 15) is 4.79 Å². The minimum Gasteiger partial charge on any atom is -0.447 e. The molecule has 8 nitrogen and oxygen atoms in total. The van der Waals surface area contributed by atoms with Gasteiger partial charge in [-0.3, -0.25) is 4.90 Å². The topological polar surface area (TPSA) is 107 Å². The van der Waals surface area contributed by atoms with E-state index in [1.165, 1.54) is 11.2 Å². The van der Waals surface area contributed by atoms with Gasteiger partial charge in [-0.15, -0.1) is 0 Å². The second kappa shape index (κ2) is 7.34. The highest BCUT2D eigenvalue weighted by Gasteiger charge is 2.24. The zero-order chi connectivity index (χ0) is 20.7. The van der Waals surface area contributed by atoms with Gasteiger partial charge in [-0.1, -0.05) is 28.1 Å². The van der Waals surface area contributed by atoms with Crippen molar-refractivity contribution in [2.45, 2.75) is 0 Å². The number of hydrogen-bond acceptors (Lipinski definition) is 7. The molecule has 0 radical (unpaired) electrons. The van der Waals surface area contributed by atoms with Crippen LogP contribution in [0.15, 0.2) is 59.5 Å². The molecule has 0 aliphatic carbocycles. The molecule has 9 heteroatoms. The average molecular weight is 463 g/mol. The van der Waals surface area contributed by atoms with Crippen LogP contribution >= 0.6 is 15.9 Å². The van der Waals surface area contributed by atoms with Gasteiger partial charge in [-0.25, -0.2) is 24.7 Å². The number of cyclic esters (lactones) is 1. The van der Waals surface area contributed by atoms with E-state index in [0.29, 0.717) is 41.5 Å². The van der Waals surface area contributed by atoms with E-state index >= 15 is 0 Å². The third-order valence-electron chi connectivity index (χ3n) is 4.85. The number of nitrogens with two attached hydrogens (primary N) is 1. The molecule has 1 fully saturated rings. The number of fused-ring (bicyclic) bond motifs is 1. The number of carbonyl (C=O) groups is 1. The molecule has 1 aliphatic heterocycles. The molecule has 0 unspecified atom stereocenters. The van der Waals surface area contributed by atoms with Crippen molar-refractivity contribution in [1.29, 1.82) is 0 Å². The van der Waals surface area contributed by atoms with Crippen LogP contribution in [0.4, 0.5) is 16.4 Å². The maximum absolute atomic E-state index is 11.8. The molecule has 4 heterocycles. The highest BCUT2D eigenvalue weighted by Crippen LogP contribution is 2.34. The number of halogens is 1. The van der Waals surface area contributed by atoms with E-state index < -0.39 is 0 Å². The first kappa shape index (κ1) is 18.4. The SMILES string of the molecule is Nc1ncnc2nc(-c3ccc(N4CCOC4=O)nc3)cc(-c3cccc(Br)c3)c12. The van der Waals surface area contributed by atoms with E-state index in [2.05, 4.69) is 35.9 Å². The molecular formula is C21H15BrN6O2. The van der Waals surface area contributed by atoms with Gasteiger partial charge < -0.3 is 10.5 Å². The molecule has 0 bridgehead atoms. The second-order valence-electron chi connectivity index (χ2n) is 6.69. The molecule has 3 aromatic heterocycles. The van der Waals surface area contributed by atoms with Crippen LogP contribution in [0.3, 0.4) is 0 Å². The summed E-state index contributed by atoms with van der Waals surface area (Å²) in [4.78, 5) is 30.8. The molecule has 1 aromatic carbocycles. The number of nitrogen functional groups attached to an aromatic ring is 1. The molecule has 0 atom stereocenters. The lowest BCUT2D eigenvalue weighted by Gasteiger charge is -2.13. The average Bonchev–Trinajstić information content (AvgIpc) is 3.19. The van der Waals surface area contributed by atoms with Gasteiger partial charge in [0, 0.05) is 16.2 Å². The van der Waals surface area contributed by atoms with Gasteiger partial charge in [0.15, 0.2) is 5.65 Å². The monoisotopic (exact) mass is 462 g/mol. The molecule has 1 amide bonds. The fraction of sp³-hybridized carbons (Fsp3) is 0.0952. The lowest BCUT2D eigenvalue weighted by molar-refractivity contribution is 0.181. The Bertz CT molecular complexity index is 1280. The number of hydrogen-bond donors (Lipinski definition) is 1. The number of amides is 1. The molecule has 2 N–H and O–H groups in total. The summed E-state index contributed by atoms with van der Waals surface area (Å²) < 4.78 is 5.92. The summed E-state index contributed by atoms with van der Waals surface area (Å²) in [6, 6.07) is 13.5. The summed E-state index contributed by atoms with van der Waals surface area (Å²) in [5.74, 6) is 0.913. The zero-order valence-electron chi connectivity index (χ0n) is 15.6. The predicted octanol–water partition coefficient (Wildman–Crippen LogP) is 4.06. The minimum atomic E-state index is -0.386. The Morgan fingerprint density at radius 1 is 1.07 bits per heavy atom. The van der Waals surface area contributed by atoms with Gasteiger partial charge >= 0.3 is 6.09 Å². The van der Waals surface area contributed by atoms with Gasteiger partial charge in [0.2, 0.25) is 0 Å². The Morgan fingerprint density at radius 2 is 1.97 bits per heavy atom. The molecule has 1 aliphatic rings. The number of benzene rings is 1. The van der Waals surface area contributed by atoms with E-state index in [1.54, 1.807) is 12.3 Å². The summed E-state index contributed by atoms with van der Waals surface area (Å²) in [5, 5.41) is 0.698. The number of nitrogens with zero attached hydrogens (tertiary/aromatic N) is 5. The first-order valence-corrected chi connectivity index (χ1v) is 9.97. The molecule has 4 aromatic rings. The molecule has 148 valence electrons. The first-order valence-electron chi connectivity index (χ1n) is 9.18. The largest absolute Gasteiger partial charge is 0.447 e. The quantitative estimate of drug-likeness (QED) is 0.488. The van der Waals surface area contributed by atoms with Gasteiger partial charge in [0.25, 0.3) is 0 Å². The third kappa shape index (κ3) is 3.22. The van der Waals surface area contributed by atoms with E-state index in [0.717, 1.165) is 21.2 Å². The van der Waals surface area contributed by atoms with Crippen molar-refractivity contribution < 1.29 is 9.53 Å². The summed E-state index contributed by atoms with van der Waals surface area (Å²) in [5.41, 5.74) is 9.99. The van der Waals surface area contributed by atoms with Crippen LogP contribution in [-0.4, -0.2) is 39.2 Å². The molecule has 1 saturated heterocycles. The minimum absolute atomic E-state index is 0.367. The van der Waals surface area contributed by atoms with Crippen molar-refractivity contribution in [3.05, 3.63) is 59.5 Å². The van der Waals surface area contributed by atoms with Crippen LogP contribution in [0.2, 0.25) is 0 Å². The van der Waals surface area contributed by atoms with Crippen molar-refractivity contribution >= 4 is 44.7 Å². The fourth-order valence-electron chi connectivity index (χ4n) is 3.42. The zero-order valence-corrected chi connectivity index (χ0v) is 17.2. The number of anilines is 2. The number of rotatable bonds is 3. The Hall–Kier alpha value is -3.59. The summed E-state index contributed by atoms with van der Waals surface area (Å²) in [7, 11) is 0. The van der Waals surface area contributed by atoms with Gasteiger partial charge in [0.05, 0.1) is 17.6 Å². The van der Waals surface area contributed by atoms with Crippen molar-refractivity contribution in [1.82, 2.24) is 19.9 Å². The van der Waals surface area contributed by atoms with Crippen molar-refractivity contribution in [2.75, 3.05) is 23.8 Å². The number of aromatic nitrogens is 4. The van der Waals surface area contributed by atoms with Gasteiger partial charge in [-0.2, -0.15) is 0 Å². The predicted molar refractivity (Wildman–Crippen MR) is 117 cm³/mol. The Kier molecular flexibility index (Phi) is 4.51. The number of ether oxygens (including phenoxy) is 1. The van der Waals surface area contributed by atoms with Crippen LogP contribution in [-0.2, 0) is 4.74 Å². The fourth-order valence-corrected chi connectivity index (χ4v) is 3.82. The number of pyridine rings is 2. The number of carbonyl (C=O) groups excluding carboxylic acids is 1. The third-order valence-corrected chi connectivity index (χ3v) is 5.34. The van der Waals surface area contributed by atoms with Crippen LogP contribution < -0.4 is 10.6 Å². The van der Waals surface area contributed by atoms with Crippen LogP contribution in [0, 0.1) is 0 Å². The maximum atomic E-state index is 11.8. The van der Waals surface area contributed by atoms with E-state index in [4.69, 9.17) is 10.5 Å². The molecule has 5 rings (SSSR count). The highest BCUT2D eigenvalue weighted by atomic mass is 79.9. The molecular weight excluding hydrogens is 448 g/mol. The Labute approximate surface area is 179 Å². The van der Waals surface area contributed by atoms with Crippen LogP contribution in [0.5, 0.6) is 0 Å². The van der Waals surface area contributed by atoms with Gasteiger partial charge in [0.1, 0.15) is 24.6 Å². The smallest absolute Gasteiger partial charge is 0.415 e. The first-order chi connectivity index (χ1) is 14.6. The van der Waals surface area contributed by atoms with Crippen molar-refractivity contribution in [3.8, 4) is 22.4 Å².